The van der Waals surface area contributed by atoms with Gasteiger partial charge in [0.1, 0.15) is 24.2 Å². The van der Waals surface area contributed by atoms with E-state index in [4.69, 9.17) is 14.2 Å². The fourth-order valence-corrected chi connectivity index (χ4v) is 3.74. The number of carbonyl (C=O) groups is 3. The molecule has 10 heteroatoms. The molecule has 0 radical (unpaired) electrons. The number of carbonyl (C=O) groups excluding carboxylic acids is 2. The number of para-hydroxylation sites is 1. The largest absolute Gasteiger partial charge is 0.523 e. The van der Waals surface area contributed by atoms with Crippen molar-refractivity contribution >= 4 is 29.4 Å². The summed E-state index contributed by atoms with van der Waals surface area (Å²) in [4.78, 5) is 40.4. The van der Waals surface area contributed by atoms with Gasteiger partial charge in [-0.15, -0.1) is 0 Å². The van der Waals surface area contributed by atoms with Crippen LogP contribution < -0.4 is 14.5 Å². The number of nitrogens with zero attached hydrogens (tertiary/aromatic N) is 2. The molecule has 0 spiro atoms. The number of quaternary nitrogens is 1. The molecule has 1 aromatic carbocycles. The first-order valence-corrected chi connectivity index (χ1v) is 11.0. The summed E-state index contributed by atoms with van der Waals surface area (Å²) >= 11 is 0. The zero-order valence-electron chi connectivity index (χ0n) is 20.4. The molecule has 0 saturated heterocycles. The minimum atomic E-state index is -1.02. The Morgan fingerprint density at radius 2 is 1.89 bits per heavy atom. The fourth-order valence-electron chi connectivity index (χ4n) is 3.74. The molecule has 2 aromatic rings. The Labute approximate surface area is 203 Å². The summed E-state index contributed by atoms with van der Waals surface area (Å²) in [5, 5.41) is 12.7. The first-order chi connectivity index (χ1) is 16.4. The van der Waals surface area contributed by atoms with Gasteiger partial charge in [0.25, 0.3) is 0 Å². The van der Waals surface area contributed by atoms with Crippen LogP contribution in [0.1, 0.15) is 43.1 Å². The molecule has 0 fully saturated rings. The van der Waals surface area contributed by atoms with E-state index in [0.29, 0.717) is 11.4 Å². The van der Waals surface area contributed by atoms with Crippen molar-refractivity contribution in [2.45, 2.75) is 38.8 Å². The SMILES string of the molecule is COC(=O)c1cncc(OCC(CC2=C[N+](C)(C(=O)O)c3ccccc32)NC(=O)OC(C)(C)C)c1. The van der Waals surface area contributed by atoms with Crippen LogP contribution in [0.3, 0.4) is 0 Å². The van der Waals surface area contributed by atoms with Crippen LogP contribution >= 0.6 is 0 Å². The number of ether oxygens (including phenoxy) is 3. The van der Waals surface area contributed by atoms with E-state index in [0.717, 1.165) is 11.1 Å². The van der Waals surface area contributed by atoms with Crippen molar-refractivity contribution in [2.24, 2.45) is 0 Å². The van der Waals surface area contributed by atoms with E-state index >= 15 is 0 Å². The van der Waals surface area contributed by atoms with Crippen molar-refractivity contribution in [3.05, 3.63) is 60.1 Å². The van der Waals surface area contributed by atoms with E-state index in [2.05, 4.69) is 10.3 Å². The van der Waals surface area contributed by atoms with Gasteiger partial charge in [0.2, 0.25) is 0 Å². The Morgan fingerprint density at radius 1 is 1.17 bits per heavy atom. The summed E-state index contributed by atoms with van der Waals surface area (Å²) in [5.74, 6) is -0.235. The van der Waals surface area contributed by atoms with Gasteiger partial charge >= 0.3 is 18.2 Å². The van der Waals surface area contributed by atoms with Crippen LogP contribution in [0, 0.1) is 0 Å². The summed E-state index contributed by atoms with van der Waals surface area (Å²) in [6, 6.07) is 8.15. The summed E-state index contributed by atoms with van der Waals surface area (Å²) in [7, 11) is 2.86. The maximum Gasteiger partial charge on any atom is 0.523 e. The highest BCUT2D eigenvalue weighted by atomic mass is 16.6. The second kappa shape index (κ2) is 10.1. The summed E-state index contributed by atoms with van der Waals surface area (Å²) in [5.41, 5.74) is 1.68. The first kappa shape index (κ1) is 25.7. The summed E-state index contributed by atoms with van der Waals surface area (Å²) in [6.07, 6.45) is 3.08. The monoisotopic (exact) mass is 484 g/mol. The van der Waals surface area contributed by atoms with Crippen molar-refractivity contribution in [1.82, 2.24) is 14.8 Å². The van der Waals surface area contributed by atoms with Gasteiger partial charge < -0.3 is 24.6 Å². The quantitative estimate of drug-likeness (QED) is 0.443. The Balaban J connectivity index is 1.85. The van der Waals surface area contributed by atoms with Crippen LogP contribution in [0.2, 0.25) is 0 Å². The predicted octanol–water partition coefficient (Wildman–Crippen LogP) is 4.20. The van der Waals surface area contributed by atoms with Gasteiger partial charge in [-0.3, -0.25) is 4.98 Å². The lowest BCUT2D eigenvalue weighted by Crippen LogP contribution is -2.43. The molecular weight excluding hydrogens is 454 g/mol. The lowest BCUT2D eigenvalue weighted by atomic mass is 10.0. The molecule has 1 aliphatic rings. The number of hydrogen-bond acceptors (Lipinski definition) is 7. The van der Waals surface area contributed by atoms with Gasteiger partial charge in [-0.2, -0.15) is 9.28 Å². The van der Waals surface area contributed by atoms with Crippen molar-refractivity contribution < 1.29 is 33.7 Å². The van der Waals surface area contributed by atoms with Gasteiger partial charge in [-0.25, -0.2) is 9.59 Å². The van der Waals surface area contributed by atoms with Crippen LogP contribution in [-0.4, -0.2) is 60.7 Å². The predicted molar refractivity (Wildman–Crippen MR) is 129 cm³/mol. The molecule has 2 atom stereocenters. The number of esters is 1. The molecule has 0 aliphatic carbocycles. The van der Waals surface area contributed by atoms with E-state index in [9.17, 15) is 19.5 Å². The molecule has 0 saturated carbocycles. The van der Waals surface area contributed by atoms with Crippen molar-refractivity contribution in [3.8, 4) is 5.75 Å². The maximum atomic E-state index is 12.5. The molecule has 2 unspecified atom stereocenters. The van der Waals surface area contributed by atoms with Crippen LogP contribution in [0.4, 0.5) is 15.3 Å². The van der Waals surface area contributed by atoms with E-state index in [1.807, 2.05) is 12.1 Å². The third-order valence-corrected chi connectivity index (χ3v) is 5.33. The highest BCUT2D eigenvalue weighted by molar-refractivity contribution is 5.94. The number of rotatable bonds is 7. The number of alkyl carbamates (subject to hydrolysis) is 1. The smallest absolute Gasteiger partial charge is 0.490 e. The lowest BCUT2D eigenvalue weighted by molar-refractivity contribution is 0.0489. The number of amides is 2. The van der Waals surface area contributed by atoms with Crippen LogP contribution in [-0.2, 0) is 9.47 Å². The number of benzene rings is 1. The molecule has 186 valence electrons. The van der Waals surface area contributed by atoms with Crippen molar-refractivity contribution in [1.29, 1.82) is 0 Å². The molecular formula is C25H30N3O7+. The molecule has 1 aliphatic heterocycles. The number of hydrogen-bond donors (Lipinski definition) is 2. The second-order valence-electron chi connectivity index (χ2n) is 9.29. The number of carboxylic acid groups (broad SMARTS) is 1. The third-order valence-electron chi connectivity index (χ3n) is 5.33. The molecule has 2 N–H and O–H groups in total. The topological polar surface area (TPSA) is 124 Å². The van der Waals surface area contributed by atoms with Gasteiger partial charge in [-0.1, -0.05) is 12.1 Å². The Kier molecular flexibility index (Phi) is 7.45. The fraction of sp³-hybridized carbons (Fsp3) is 0.360. The van der Waals surface area contributed by atoms with Gasteiger partial charge in [-0.05, 0) is 32.9 Å². The Morgan fingerprint density at radius 3 is 2.54 bits per heavy atom. The minimum Gasteiger partial charge on any atom is -0.490 e. The highest BCUT2D eigenvalue weighted by Crippen LogP contribution is 2.41. The summed E-state index contributed by atoms with van der Waals surface area (Å²) < 4.78 is 15.6. The van der Waals surface area contributed by atoms with E-state index < -0.39 is 34.3 Å². The number of aromatic nitrogens is 1. The van der Waals surface area contributed by atoms with Crippen LogP contribution in [0.5, 0.6) is 5.75 Å². The van der Waals surface area contributed by atoms with E-state index in [1.54, 1.807) is 46.2 Å². The Hall–Kier alpha value is -3.92. The number of methoxy groups -OCH3 is 1. The molecule has 2 heterocycles. The lowest BCUT2D eigenvalue weighted by Gasteiger charge is -2.24. The average Bonchev–Trinajstić information content (AvgIpc) is 3.09. The van der Waals surface area contributed by atoms with E-state index in [-0.39, 0.29) is 18.6 Å². The molecule has 2 amide bonds. The summed E-state index contributed by atoms with van der Waals surface area (Å²) in [6.45, 7) is 5.29. The molecule has 35 heavy (non-hydrogen) atoms. The number of pyridine rings is 1. The number of nitrogens with one attached hydrogen (secondary N) is 1. The third kappa shape index (κ3) is 6.15. The minimum absolute atomic E-state index is 0.0157. The van der Waals surface area contributed by atoms with Gasteiger partial charge in [0.15, 0.2) is 5.69 Å². The molecule has 0 bridgehead atoms. The standard InChI is InChI=1S/C25H29N3O7/c1-25(2,3)35-23(30)27-18(15-34-19-11-16(12-26-13-19)22(29)33-5)10-17-14-28(4,24(31)32)21-9-7-6-8-20(17)21/h6-9,11-14,18H,10,15H2,1-5H3,(H-,27,30,31,32)/p+1. The van der Waals surface area contributed by atoms with Crippen LogP contribution in [0.25, 0.3) is 5.57 Å². The van der Waals surface area contributed by atoms with Crippen molar-refractivity contribution in [2.75, 3.05) is 20.8 Å². The maximum absolute atomic E-state index is 12.5. The first-order valence-electron chi connectivity index (χ1n) is 11.0. The molecule has 3 rings (SSSR count). The van der Waals surface area contributed by atoms with Crippen LogP contribution in [0.15, 0.2) is 48.9 Å². The Bertz CT molecular complexity index is 1160. The zero-order valence-corrected chi connectivity index (χ0v) is 20.4. The average molecular weight is 485 g/mol. The zero-order chi connectivity index (χ0) is 25.8. The normalized spacial score (nSPS) is 17.6. The van der Waals surface area contributed by atoms with Gasteiger partial charge in [0, 0.05) is 29.8 Å². The molecule has 1 aromatic heterocycles. The second-order valence-corrected chi connectivity index (χ2v) is 9.29. The highest BCUT2D eigenvalue weighted by Gasteiger charge is 2.42. The van der Waals surface area contributed by atoms with Crippen molar-refractivity contribution in [3.63, 3.8) is 0 Å². The molecule has 10 nitrogen and oxygen atoms in total. The number of fused-ring (bicyclic) bond motifs is 1. The van der Waals surface area contributed by atoms with E-state index in [1.165, 1.54) is 25.6 Å². The van der Waals surface area contributed by atoms with Gasteiger partial charge in [0.05, 0.1) is 32.0 Å².